The van der Waals surface area contributed by atoms with Gasteiger partial charge in [-0.15, -0.1) is 10.2 Å². The van der Waals surface area contributed by atoms with Crippen LogP contribution in [0.25, 0.3) is 11.5 Å². The molecule has 158 valence electrons. The number of hydrogen-bond donors (Lipinski definition) is 0. The lowest BCUT2D eigenvalue weighted by molar-refractivity contribution is 0.156. The van der Waals surface area contributed by atoms with Crippen molar-refractivity contribution in [2.75, 3.05) is 59.4 Å². The molecule has 1 aromatic carbocycles. The number of rotatable bonds is 5. The molecule has 0 amide bonds. The van der Waals surface area contributed by atoms with Crippen LogP contribution < -0.4 is 0 Å². The number of hydrogen-bond acceptors (Lipinski definition) is 7. The maximum atomic E-state index is 12.9. The van der Waals surface area contributed by atoms with Crippen LogP contribution in [-0.2, 0) is 16.8 Å². The number of halogens is 1. The third kappa shape index (κ3) is 4.62. The minimum absolute atomic E-state index is 0.391. The van der Waals surface area contributed by atoms with Gasteiger partial charge in [0.2, 0.25) is 11.8 Å². The fraction of sp³-hybridized carbons (Fsp3) is 0.556. The first kappa shape index (κ1) is 20.7. The smallest absolute Gasteiger partial charge is 0.282 e. The Kier molecular flexibility index (Phi) is 6.19. The average molecular weight is 441 g/mol. The minimum atomic E-state index is -3.39. The van der Waals surface area contributed by atoms with Crippen LogP contribution in [-0.4, -0.2) is 96.4 Å². The first-order valence-electron chi connectivity index (χ1n) is 9.67. The van der Waals surface area contributed by atoms with E-state index in [1.165, 1.54) is 0 Å². The molecule has 0 unspecified atom stereocenters. The molecule has 0 saturated carbocycles. The highest BCUT2D eigenvalue weighted by atomic mass is 35.5. The first-order valence-corrected chi connectivity index (χ1v) is 11.4. The van der Waals surface area contributed by atoms with Gasteiger partial charge in [-0.2, -0.15) is 17.0 Å². The van der Waals surface area contributed by atoms with Crippen LogP contribution in [0.2, 0.25) is 5.02 Å². The van der Waals surface area contributed by atoms with Gasteiger partial charge in [0.05, 0.1) is 17.1 Å². The molecule has 0 aliphatic carbocycles. The topological polar surface area (TPSA) is 86.0 Å². The number of nitrogens with zero attached hydrogens (tertiary/aromatic N) is 6. The average Bonchev–Trinajstić information content (AvgIpc) is 3.17. The predicted octanol–water partition coefficient (Wildman–Crippen LogP) is 1.000. The molecular weight excluding hydrogens is 416 g/mol. The maximum Gasteiger partial charge on any atom is 0.282 e. The Morgan fingerprint density at radius 3 is 2.24 bits per heavy atom. The van der Waals surface area contributed by atoms with E-state index in [4.69, 9.17) is 16.0 Å². The number of likely N-dealkylation sites (N-methyl/N-ethyl adjacent to an activating group) is 1. The Hall–Kier alpha value is -1.56. The lowest BCUT2D eigenvalue weighted by Crippen LogP contribution is -2.56. The van der Waals surface area contributed by atoms with E-state index in [1.807, 2.05) is 25.2 Å². The Morgan fingerprint density at radius 2 is 1.59 bits per heavy atom. The molecule has 2 aliphatic heterocycles. The lowest BCUT2D eigenvalue weighted by atomic mass is 10.2. The Morgan fingerprint density at radius 1 is 0.966 bits per heavy atom. The quantitative estimate of drug-likeness (QED) is 0.685. The highest BCUT2D eigenvalue weighted by Gasteiger charge is 2.34. The van der Waals surface area contributed by atoms with Crippen molar-refractivity contribution in [1.29, 1.82) is 0 Å². The van der Waals surface area contributed by atoms with E-state index in [1.54, 1.807) is 14.7 Å². The van der Waals surface area contributed by atoms with Crippen LogP contribution in [0.5, 0.6) is 0 Å². The standard InChI is InChI=1S/C18H25ClN6O3S/c1-22-6-10-24(11-7-22)29(26,27)25-12-8-23(9-13-25)14-17-20-21-18(28-17)15-4-2-3-5-16(15)19/h2-5H,6-14H2,1H3. The molecule has 2 fully saturated rings. The molecule has 0 atom stereocenters. The van der Waals surface area contributed by atoms with E-state index in [-0.39, 0.29) is 0 Å². The van der Waals surface area contributed by atoms with Gasteiger partial charge in [0.15, 0.2) is 0 Å². The van der Waals surface area contributed by atoms with Gasteiger partial charge in [0, 0.05) is 52.4 Å². The normalized spacial score (nSPS) is 20.9. The Labute approximate surface area is 176 Å². The summed E-state index contributed by atoms with van der Waals surface area (Å²) in [6, 6.07) is 7.33. The van der Waals surface area contributed by atoms with Gasteiger partial charge < -0.3 is 9.32 Å². The lowest BCUT2D eigenvalue weighted by Gasteiger charge is -2.38. The largest absolute Gasteiger partial charge is 0.419 e. The molecule has 4 rings (SSSR count). The molecular formula is C18H25ClN6O3S. The molecule has 2 aromatic rings. The van der Waals surface area contributed by atoms with Gasteiger partial charge in [-0.25, -0.2) is 0 Å². The summed E-state index contributed by atoms with van der Waals surface area (Å²) >= 11 is 6.18. The van der Waals surface area contributed by atoms with E-state index in [0.29, 0.717) is 68.2 Å². The van der Waals surface area contributed by atoms with Crippen molar-refractivity contribution in [3.8, 4) is 11.5 Å². The van der Waals surface area contributed by atoms with Crippen molar-refractivity contribution in [2.45, 2.75) is 6.54 Å². The summed E-state index contributed by atoms with van der Waals surface area (Å²) in [5.41, 5.74) is 0.705. The molecule has 11 heteroatoms. The first-order chi connectivity index (χ1) is 13.9. The second-order valence-corrected chi connectivity index (χ2v) is 9.70. The van der Waals surface area contributed by atoms with Gasteiger partial charge >= 0.3 is 0 Å². The minimum Gasteiger partial charge on any atom is -0.419 e. The van der Waals surface area contributed by atoms with Crippen LogP contribution in [0.4, 0.5) is 0 Å². The molecule has 9 nitrogen and oxygen atoms in total. The van der Waals surface area contributed by atoms with Crippen molar-refractivity contribution in [2.24, 2.45) is 0 Å². The highest BCUT2D eigenvalue weighted by Crippen LogP contribution is 2.26. The third-order valence-corrected chi connectivity index (χ3v) is 7.74. The molecule has 0 radical (unpaired) electrons. The molecule has 0 spiro atoms. The summed E-state index contributed by atoms with van der Waals surface area (Å²) in [5, 5.41) is 8.76. The molecule has 29 heavy (non-hydrogen) atoms. The van der Waals surface area contributed by atoms with Crippen molar-refractivity contribution in [1.82, 2.24) is 28.6 Å². The zero-order valence-electron chi connectivity index (χ0n) is 16.4. The second-order valence-electron chi connectivity index (χ2n) is 7.37. The van der Waals surface area contributed by atoms with Crippen molar-refractivity contribution in [3.63, 3.8) is 0 Å². The highest BCUT2D eigenvalue weighted by molar-refractivity contribution is 7.86. The van der Waals surface area contributed by atoms with Crippen LogP contribution in [0.3, 0.4) is 0 Å². The fourth-order valence-electron chi connectivity index (χ4n) is 3.55. The van der Waals surface area contributed by atoms with E-state index >= 15 is 0 Å². The fourth-order valence-corrected chi connectivity index (χ4v) is 5.35. The van der Waals surface area contributed by atoms with Gasteiger partial charge in [-0.1, -0.05) is 23.7 Å². The summed E-state index contributed by atoms with van der Waals surface area (Å²) in [7, 11) is -1.38. The summed E-state index contributed by atoms with van der Waals surface area (Å²) in [6.45, 7) is 5.28. The van der Waals surface area contributed by atoms with E-state index in [2.05, 4.69) is 20.0 Å². The summed E-state index contributed by atoms with van der Waals surface area (Å²) in [5.74, 6) is 0.886. The van der Waals surface area contributed by atoms with Crippen molar-refractivity contribution >= 4 is 21.8 Å². The zero-order valence-corrected chi connectivity index (χ0v) is 17.9. The number of aromatic nitrogens is 2. The van der Waals surface area contributed by atoms with Crippen LogP contribution >= 0.6 is 11.6 Å². The summed E-state index contributed by atoms with van der Waals surface area (Å²) in [6.07, 6.45) is 0. The molecule has 0 N–H and O–H groups in total. The van der Waals surface area contributed by atoms with Crippen LogP contribution in [0.1, 0.15) is 5.89 Å². The van der Waals surface area contributed by atoms with Gasteiger partial charge in [-0.05, 0) is 19.2 Å². The molecule has 2 aliphatic rings. The number of piperazine rings is 2. The Balaban J connectivity index is 1.33. The number of benzene rings is 1. The second kappa shape index (κ2) is 8.66. The van der Waals surface area contributed by atoms with E-state index in [0.717, 1.165) is 13.1 Å². The van der Waals surface area contributed by atoms with E-state index < -0.39 is 10.2 Å². The van der Waals surface area contributed by atoms with Gasteiger partial charge in [0.1, 0.15) is 0 Å². The molecule has 1 aromatic heterocycles. The van der Waals surface area contributed by atoms with Crippen molar-refractivity contribution in [3.05, 3.63) is 35.2 Å². The SMILES string of the molecule is CN1CCN(S(=O)(=O)N2CCN(Cc3nnc(-c4ccccc4Cl)o3)CC2)CC1. The summed E-state index contributed by atoms with van der Waals surface area (Å²) in [4.78, 5) is 4.27. The van der Waals surface area contributed by atoms with Gasteiger partial charge in [0.25, 0.3) is 10.2 Å². The molecule has 3 heterocycles. The maximum absolute atomic E-state index is 12.9. The monoisotopic (exact) mass is 440 g/mol. The van der Waals surface area contributed by atoms with Crippen LogP contribution in [0.15, 0.2) is 28.7 Å². The third-order valence-electron chi connectivity index (χ3n) is 5.38. The van der Waals surface area contributed by atoms with Crippen molar-refractivity contribution < 1.29 is 12.8 Å². The Bertz CT molecular complexity index is 937. The van der Waals surface area contributed by atoms with E-state index in [9.17, 15) is 8.42 Å². The predicted molar refractivity (Wildman–Crippen MR) is 110 cm³/mol. The zero-order chi connectivity index (χ0) is 20.4. The van der Waals surface area contributed by atoms with Crippen LogP contribution in [0, 0.1) is 0 Å². The van der Waals surface area contributed by atoms with Gasteiger partial charge in [-0.3, -0.25) is 4.90 Å². The summed E-state index contributed by atoms with van der Waals surface area (Å²) < 4.78 is 34.7. The molecule has 0 bridgehead atoms. The molecule has 2 saturated heterocycles.